The van der Waals surface area contributed by atoms with Gasteiger partial charge in [-0.1, -0.05) is 0 Å². The van der Waals surface area contributed by atoms with Crippen molar-refractivity contribution in [1.82, 2.24) is 4.98 Å². The molecule has 4 N–H and O–H groups in total. The number of nitrogens with two attached hydrogens (primary N) is 1. The fourth-order valence-electron chi connectivity index (χ4n) is 1.60. The van der Waals surface area contributed by atoms with Crippen LogP contribution in [0.4, 0.5) is 11.4 Å². The summed E-state index contributed by atoms with van der Waals surface area (Å²) in [5, 5.41) is 18.7. The predicted octanol–water partition coefficient (Wildman–Crippen LogP) is -0.794. The van der Waals surface area contributed by atoms with Crippen LogP contribution < -0.4 is 10.6 Å². The predicted molar refractivity (Wildman–Crippen MR) is 52.9 cm³/mol. The summed E-state index contributed by atoms with van der Waals surface area (Å²) in [6.45, 7) is 0.846. The monoisotopic (exact) mass is 195 g/mol. The number of nitrogen functional groups attached to an aromatic ring is 1. The number of aliphatic hydroxyl groups excluding tert-OH is 2. The van der Waals surface area contributed by atoms with E-state index < -0.39 is 12.2 Å². The van der Waals surface area contributed by atoms with Crippen molar-refractivity contribution in [2.24, 2.45) is 0 Å². The van der Waals surface area contributed by atoms with E-state index in [0.29, 0.717) is 18.8 Å². The Balaban J connectivity index is 2.17. The van der Waals surface area contributed by atoms with E-state index in [1.165, 1.54) is 0 Å². The molecule has 1 aromatic rings. The Morgan fingerprint density at radius 3 is 2.50 bits per heavy atom. The lowest BCUT2D eigenvalue weighted by Crippen LogP contribution is -2.22. The van der Waals surface area contributed by atoms with Gasteiger partial charge >= 0.3 is 0 Å². The van der Waals surface area contributed by atoms with Gasteiger partial charge in [0.2, 0.25) is 0 Å². The first-order chi connectivity index (χ1) is 6.66. The van der Waals surface area contributed by atoms with Crippen LogP contribution in [-0.4, -0.2) is 40.5 Å². The molecule has 14 heavy (non-hydrogen) atoms. The number of hydrogen-bond donors (Lipinski definition) is 3. The van der Waals surface area contributed by atoms with Gasteiger partial charge in [0.25, 0.3) is 0 Å². The number of β-amino-alcohol motifs (C(OH)–C–C–N with tert-alkyl or cyclic N) is 2. The highest BCUT2D eigenvalue weighted by atomic mass is 16.3. The van der Waals surface area contributed by atoms with Gasteiger partial charge in [-0.3, -0.25) is 4.98 Å². The molecule has 0 saturated carbocycles. The summed E-state index contributed by atoms with van der Waals surface area (Å²) in [4.78, 5) is 5.81. The number of aromatic nitrogens is 1. The van der Waals surface area contributed by atoms with Crippen LogP contribution in [-0.2, 0) is 0 Å². The number of rotatable bonds is 1. The van der Waals surface area contributed by atoms with Crippen LogP contribution in [0.25, 0.3) is 0 Å². The minimum absolute atomic E-state index is 0.423. The van der Waals surface area contributed by atoms with Crippen molar-refractivity contribution in [3.8, 4) is 0 Å². The summed E-state index contributed by atoms with van der Waals surface area (Å²) in [6.07, 6.45) is 1.86. The molecule has 0 radical (unpaired) electrons. The van der Waals surface area contributed by atoms with E-state index in [1.807, 2.05) is 4.90 Å². The Kier molecular flexibility index (Phi) is 2.26. The van der Waals surface area contributed by atoms with Crippen molar-refractivity contribution >= 4 is 11.4 Å². The molecule has 0 spiro atoms. The van der Waals surface area contributed by atoms with Crippen molar-refractivity contribution in [2.45, 2.75) is 12.2 Å². The van der Waals surface area contributed by atoms with E-state index >= 15 is 0 Å². The third-order valence-electron chi connectivity index (χ3n) is 2.37. The van der Waals surface area contributed by atoms with Crippen molar-refractivity contribution in [2.75, 3.05) is 23.7 Å². The molecule has 1 saturated heterocycles. The molecule has 1 fully saturated rings. The molecule has 2 atom stereocenters. The molecule has 2 heterocycles. The van der Waals surface area contributed by atoms with E-state index in [0.717, 1.165) is 5.69 Å². The van der Waals surface area contributed by atoms with Crippen molar-refractivity contribution in [3.05, 3.63) is 18.5 Å². The minimum atomic E-state index is -0.684. The molecule has 1 aromatic heterocycles. The summed E-state index contributed by atoms with van der Waals surface area (Å²) >= 11 is 0. The number of hydrogen-bond acceptors (Lipinski definition) is 5. The number of aliphatic hydroxyl groups is 2. The third-order valence-corrected chi connectivity index (χ3v) is 2.37. The zero-order valence-corrected chi connectivity index (χ0v) is 7.67. The first kappa shape index (κ1) is 9.23. The average Bonchev–Trinajstić information content (AvgIpc) is 2.47. The summed E-state index contributed by atoms with van der Waals surface area (Å²) in [5.41, 5.74) is 7.00. The average molecular weight is 195 g/mol. The first-order valence-electron chi connectivity index (χ1n) is 4.48. The van der Waals surface area contributed by atoms with Gasteiger partial charge in [0.1, 0.15) is 0 Å². The molecule has 76 valence electrons. The third kappa shape index (κ3) is 1.64. The largest absolute Gasteiger partial charge is 0.397 e. The van der Waals surface area contributed by atoms with E-state index in [-0.39, 0.29) is 0 Å². The number of pyridine rings is 1. The summed E-state index contributed by atoms with van der Waals surface area (Å²) in [7, 11) is 0. The second-order valence-corrected chi connectivity index (χ2v) is 3.52. The van der Waals surface area contributed by atoms with Crippen molar-refractivity contribution in [3.63, 3.8) is 0 Å². The van der Waals surface area contributed by atoms with E-state index in [1.54, 1.807) is 18.5 Å². The topological polar surface area (TPSA) is 82.6 Å². The van der Waals surface area contributed by atoms with Gasteiger partial charge in [0.05, 0.1) is 29.8 Å². The van der Waals surface area contributed by atoms with E-state index in [4.69, 9.17) is 5.73 Å². The first-order valence-corrected chi connectivity index (χ1v) is 4.48. The van der Waals surface area contributed by atoms with Gasteiger partial charge in [-0.05, 0) is 6.07 Å². The molecule has 1 aliphatic rings. The van der Waals surface area contributed by atoms with E-state index in [2.05, 4.69) is 4.98 Å². The van der Waals surface area contributed by atoms with Crippen LogP contribution in [0.5, 0.6) is 0 Å². The molecule has 5 heteroatoms. The Labute approximate surface area is 81.8 Å². The lowest BCUT2D eigenvalue weighted by Gasteiger charge is -2.17. The quantitative estimate of drug-likeness (QED) is 0.547. The summed E-state index contributed by atoms with van der Waals surface area (Å²) in [6, 6.07) is 1.78. The van der Waals surface area contributed by atoms with Crippen LogP contribution in [0.2, 0.25) is 0 Å². The fraction of sp³-hybridized carbons (Fsp3) is 0.444. The molecule has 0 aliphatic carbocycles. The van der Waals surface area contributed by atoms with Crippen LogP contribution in [0.3, 0.4) is 0 Å². The molecule has 0 bridgehead atoms. The molecular weight excluding hydrogens is 182 g/mol. The second kappa shape index (κ2) is 3.43. The molecule has 0 aromatic carbocycles. The zero-order valence-electron chi connectivity index (χ0n) is 7.67. The Hall–Kier alpha value is -1.33. The van der Waals surface area contributed by atoms with E-state index in [9.17, 15) is 10.2 Å². The highest BCUT2D eigenvalue weighted by Crippen LogP contribution is 2.21. The lowest BCUT2D eigenvalue weighted by atomic mass is 10.3. The standard InChI is InChI=1S/C9H13N3O2/c10-6-1-7(3-11-2-6)12-4-8(13)9(14)5-12/h1-3,8-9,13-14H,4-5,10H2. The summed E-state index contributed by atoms with van der Waals surface area (Å²) < 4.78 is 0. The zero-order chi connectivity index (χ0) is 10.1. The highest BCUT2D eigenvalue weighted by Gasteiger charge is 2.29. The van der Waals surface area contributed by atoms with Crippen LogP contribution in [0.1, 0.15) is 0 Å². The number of nitrogens with zero attached hydrogens (tertiary/aromatic N) is 2. The van der Waals surface area contributed by atoms with Crippen LogP contribution in [0, 0.1) is 0 Å². The molecule has 0 amide bonds. The Morgan fingerprint density at radius 1 is 1.29 bits per heavy atom. The minimum Gasteiger partial charge on any atom is -0.397 e. The maximum absolute atomic E-state index is 9.36. The normalized spacial score (nSPS) is 26.9. The van der Waals surface area contributed by atoms with Crippen molar-refractivity contribution < 1.29 is 10.2 Å². The Bertz CT molecular complexity index is 322. The van der Waals surface area contributed by atoms with Gasteiger partial charge in [-0.15, -0.1) is 0 Å². The lowest BCUT2D eigenvalue weighted by molar-refractivity contribution is 0.0572. The summed E-state index contributed by atoms with van der Waals surface area (Å²) in [5.74, 6) is 0. The van der Waals surface area contributed by atoms with Crippen molar-refractivity contribution in [1.29, 1.82) is 0 Å². The molecular formula is C9H13N3O2. The molecule has 5 nitrogen and oxygen atoms in total. The smallest absolute Gasteiger partial charge is 0.0990 e. The highest BCUT2D eigenvalue weighted by molar-refractivity contribution is 5.54. The molecule has 2 unspecified atom stereocenters. The maximum Gasteiger partial charge on any atom is 0.0990 e. The van der Waals surface area contributed by atoms with Gasteiger partial charge in [0.15, 0.2) is 0 Å². The fourth-order valence-corrected chi connectivity index (χ4v) is 1.60. The number of anilines is 2. The maximum atomic E-state index is 9.36. The van der Waals surface area contributed by atoms with Gasteiger partial charge < -0.3 is 20.8 Å². The molecule has 1 aliphatic heterocycles. The molecule has 2 rings (SSSR count). The van der Waals surface area contributed by atoms with Crippen LogP contribution in [0.15, 0.2) is 18.5 Å². The van der Waals surface area contributed by atoms with Gasteiger partial charge in [0, 0.05) is 19.3 Å². The SMILES string of the molecule is Nc1cncc(N2CC(O)C(O)C2)c1. The van der Waals surface area contributed by atoms with Gasteiger partial charge in [-0.25, -0.2) is 0 Å². The Morgan fingerprint density at radius 2 is 1.93 bits per heavy atom. The second-order valence-electron chi connectivity index (χ2n) is 3.52. The van der Waals surface area contributed by atoms with Crippen LogP contribution >= 0.6 is 0 Å². The van der Waals surface area contributed by atoms with Gasteiger partial charge in [-0.2, -0.15) is 0 Å².